The lowest BCUT2D eigenvalue weighted by atomic mass is 9.84. The number of aliphatic imine (C=N–C) groups is 1. The number of unbranched alkanes of at least 4 members (excludes halogenated alkanes) is 12. The number of nitrogens with zero attached hydrogens (tertiary/aromatic N) is 1. The van der Waals surface area contributed by atoms with Gasteiger partial charge in [0.1, 0.15) is 6.04 Å². The fourth-order valence-electron chi connectivity index (χ4n) is 7.54. The molecule has 0 saturated carbocycles. The number of aliphatic hydroxyl groups is 1. The van der Waals surface area contributed by atoms with Crippen LogP contribution in [-0.4, -0.2) is 88.9 Å². The molecule has 0 saturated heterocycles. The molecule has 0 spiro atoms. The molecule has 14 heteroatoms. The predicted octanol–water partition coefficient (Wildman–Crippen LogP) is 7.33. The third-order valence-electron chi connectivity index (χ3n) is 11.6. The molecule has 8 N–H and O–H groups in total. The van der Waals surface area contributed by atoms with Crippen LogP contribution in [0.4, 0.5) is 0 Å². The van der Waals surface area contributed by atoms with Gasteiger partial charge in [0.15, 0.2) is 23.3 Å². The van der Waals surface area contributed by atoms with E-state index in [0.717, 1.165) is 25.7 Å². The summed E-state index contributed by atoms with van der Waals surface area (Å²) in [5.74, 6) is -3.18. The second-order valence-electron chi connectivity index (χ2n) is 17.6. The summed E-state index contributed by atoms with van der Waals surface area (Å²) in [6.07, 6.45) is 18.7. The standard InChI is InChI=1S/C47H88N6O7S/c1-9-12-13-14-15-16-17-18-19-20-21-22-23-26-43(58)51-38(25-24-28-50-47(48)49)42(57)32-37(34(6)10-2)46(60)52-39(30-33(4)5)41(56)31-36(27-29-61-8)45(59)53-44(35(7)54)40(55)11-3/h33-39,44,54H,9-32H2,1-8H3,(H,51,58)(H,52,60)(H,53,59)(H4,48,49,50)/t34-,35+,36+,37-,38-,39-,44-/m0/s1. The molecule has 61 heavy (non-hydrogen) atoms. The number of ketones is 3. The summed E-state index contributed by atoms with van der Waals surface area (Å²) in [5, 5.41) is 18.8. The Balaban J connectivity index is 5.77. The predicted molar refractivity (Wildman–Crippen MR) is 251 cm³/mol. The lowest BCUT2D eigenvalue weighted by Crippen LogP contribution is -2.51. The molecule has 0 heterocycles. The number of hydrogen-bond donors (Lipinski definition) is 6. The van der Waals surface area contributed by atoms with Crippen LogP contribution in [0.3, 0.4) is 0 Å². The minimum Gasteiger partial charge on any atom is -0.391 e. The average molecular weight is 881 g/mol. The summed E-state index contributed by atoms with van der Waals surface area (Å²) in [6.45, 7) is 13.4. The van der Waals surface area contributed by atoms with Crippen molar-refractivity contribution in [2.75, 3.05) is 18.6 Å². The smallest absolute Gasteiger partial charge is 0.224 e. The Morgan fingerprint density at radius 1 is 0.656 bits per heavy atom. The summed E-state index contributed by atoms with van der Waals surface area (Å²) >= 11 is 1.53. The number of Topliss-reactive ketones (excluding diaryl/α,β-unsaturated/α-hetero) is 3. The van der Waals surface area contributed by atoms with Gasteiger partial charge in [-0.3, -0.25) is 33.8 Å². The summed E-state index contributed by atoms with van der Waals surface area (Å²) in [5.41, 5.74) is 11.0. The second-order valence-corrected chi connectivity index (χ2v) is 18.6. The minimum atomic E-state index is -1.10. The van der Waals surface area contributed by atoms with E-state index in [1.807, 2.05) is 34.0 Å². The van der Waals surface area contributed by atoms with E-state index in [-0.39, 0.29) is 60.3 Å². The summed E-state index contributed by atoms with van der Waals surface area (Å²) in [6, 6.07) is -2.81. The maximum Gasteiger partial charge on any atom is 0.224 e. The molecular weight excluding hydrogens is 793 g/mol. The largest absolute Gasteiger partial charge is 0.391 e. The van der Waals surface area contributed by atoms with Gasteiger partial charge in [-0.15, -0.1) is 0 Å². The average Bonchev–Trinajstić information content (AvgIpc) is 3.21. The highest BCUT2D eigenvalue weighted by Crippen LogP contribution is 2.24. The van der Waals surface area contributed by atoms with Gasteiger partial charge in [0.25, 0.3) is 0 Å². The van der Waals surface area contributed by atoms with E-state index < -0.39 is 47.9 Å². The molecule has 13 nitrogen and oxygen atoms in total. The molecule has 0 aromatic carbocycles. The molecule has 0 fully saturated rings. The zero-order valence-electron chi connectivity index (χ0n) is 39.5. The van der Waals surface area contributed by atoms with E-state index in [0.29, 0.717) is 50.8 Å². The van der Waals surface area contributed by atoms with Crippen LogP contribution in [0.25, 0.3) is 0 Å². The Bertz CT molecular complexity index is 1290. The fraction of sp³-hybridized carbons (Fsp3) is 0.851. The highest BCUT2D eigenvalue weighted by molar-refractivity contribution is 7.98. The molecule has 0 aliphatic heterocycles. The third kappa shape index (κ3) is 27.6. The first-order chi connectivity index (χ1) is 29.0. The number of nitrogens with two attached hydrogens (primary N) is 2. The van der Waals surface area contributed by atoms with Gasteiger partial charge in [0, 0.05) is 44.1 Å². The van der Waals surface area contributed by atoms with Crippen molar-refractivity contribution in [2.24, 2.45) is 40.1 Å². The van der Waals surface area contributed by atoms with Crippen LogP contribution in [-0.2, 0) is 28.8 Å². The number of rotatable bonds is 39. The molecule has 0 aliphatic rings. The van der Waals surface area contributed by atoms with Gasteiger partial charge in [0.2, 0.25) is 17.7 Å². The Morgan fingerprint density at radius 2 is 1.21 bits per heavy atom. The van der Waals surface area contributed by atoms with Gasteiger partial charge in [-0.25, -0.2) is 0 Å². The Kier molecular flexibility index (Phi) is 33.7. The normalized spacial score (nSPS) is 14.9. The van der Waals surface area contributed by atoms with Crippen molar-refractivity contribution in [1.29, 1.82) is 0 Å². The topological polar surface area (TPSA) is 223 Å². The van der Waals surface area contributed by atoms with Crippen LogP contribution < -0.4 is 27.4 Å². The minimum absolute atomic E-state index is 0.0258. The lowest BCUT2D eigenvalue weighted by Gasteiger charge is -2.28. The van der Waals surface area contributed by atoms with Crippen molar-refractivity contribution < 1.29 is 33.9 Å². The van der Waals surface area contributed by atoms with Crippen LogP contribution in [0.1, 0.15) is 190 Å². The molecule has 0 aromatic rings. The van der Waals surface area contributed by atoms with Crippen LogP contribution >= 0.6 is 11.8 Å². The Hall–Kier alpha value is -3.00. The quantitative estimate of drug-likeness (QED) is 0.0205. The van der Waals surface area contributed by atoms with Gasteiger partial charge in [0.05, 0.1) is 18.2 Å². The van der Waals surface area contributed by atoms with Gasteiger partial charge in [-0.2, -0.15) is 11.8 Å². The van der Waals surface area contributed by atoms with E-state index >= 15 is 0 Å². The van der Waals surface area contributed by atoms with Crippen molar-refractivity contribution in [1.82, 2.24) is 16.0 Å². The van der Waals surface area contributed by atoms with E-state index in [1.165, 1.54) is 76.5 Å². The molecule has 0 bridgehead atoms. The zero-order chi connectivity index (χ0) is 46.2. The number of hydrogen-bond acceptors (Lipinski definition) is 9. The lowest BCUT2D eigenvalue weighted by molar-refractivity contribution is -0.136. The highest BCUT2D eigenvalue weighted by atomic mass is 32.2. The summed E-state index contributed by atoms with van der Waals surface area (Å²) in [4.78, 5) is 85.3. The maximum atomic E-state index is 14.1. The third-order valence-corrected chi connectivity index (χ3v) is 12.3. The number of thioether (sulfide) groups is 1. The van der Waals surface area contributed by atoms with Crippen molar-refractivity contribution in [3.05, 3.63) is 0 Å². The van der Waals surface area contributed by atoms with E-state index in [1.54, 1.807) is 6.92 Å². The monoisotopic (exact) mass is 881 g/mol. The molecule has 7 atom stereocenters. The van der Waals surface area contributed by atoms with Gasteiger partial charge in [-0.05, 0) is 62.9 Å². The fourth-order valence-corrected chi connectivity index (χ4v) is 8.06. The van der Waals surface area contributed by atoms with E-state index in [4.69, 9.17) is 11.5 Å². The number of carbonyl (C=O) groups excluding carboxylic acids is 6. The second kappa shape index (κ2) is 35.5. The molecular formula is C47H88N6O7S. The molecule has 3 amide bonds. The first kappa shape index (κ1) is 58.0. The number of aliphatic hydroxyl groups excluding tert-OH is 1. The Morgan fingerprint density at radius 3 is 1.70 bits per heavy atom. The van der Waals surface area contributed by atoms with Gasteiger partial charge in [-0.1, -0.05) is 125 Å². The molecule has 0 aliphatic carbocycles. The van der Waals surface area contributed by atoms with Crippen LogP contribution in [0.2, 0.25) is 0 Å². The van der Waals surface area contributed by atoms with Crippen LogP contribution in [0.5, 0.6) is 0 Å². The number of carbonyl (C=O) groups is 6. The van der Waals surface area contributed by atoms with Crippen molar-refractivity contribution in [3.63, 3.8) is 0 Å². The number of nitrogens with one attached hydrogen (secondary N) is 3. The molecule has 0 rings (SSSR count). The van der Waals surface area contributed by atoms with Gasteiger partial charge >= 0.3 is 0 Å². The number of guanidine groups is 1. The van der Waals surface area contributed by atoms with Crippen molar-refractivity contribution >= 4 is 52.8 Å². The number of amides is 3. The Labute approximate surface area is 374 Å². The van der Waals surface area contributed by atoms with Gasteiger partial charge < -0.3 is 32.5 Å². The molecule has 0 aromatic heterocycles. The van der Waals surface area contributed by atoms with E-state index in [9.17, 15) is 33.9 Å². The van der Waals surface area contributed by atoms with Crippen molar-refractivity contribution in [2.45, 2.75) is 214 Å². The molecule has 0 radical (unpaired) electrons. The van der Waals surface area contributed by atoms with Crippen molar-refractivity contribution in [3.8, 4) is 0 Å². The first-order valence-corrected chi connectivity index (χ1v) is 25.1. The summed E-state index contributed by atoms with van der Waals surface area (Å²) < 4.78 is 0. The maximum absolute atomic E-state index is 14.1. The molecule has 354 valence electrons. The zero-order valence-corrected chi connectivity index (χ0v) is 40.3. The first-order valence-electron chi connectivity index (χ1n) is 23.7. The highest BCUT2D eigenvalue weighted by Gasteiger charge is 2.35. The van der Waals surface area contributed by atoms with Crippen LogP contribution in [0.15, 0.2) is 4.99 Å². The molecule has 0 unspecified atom stereocenters. The van der Waals surface area contributed by atoms with Crippen LogP contribution in [0, 0.1) is 23.7 Å². The summed E-state index contributed by atoms with van der Waals surface area (Å²) in [7, 11) is 0. The SMILES string of the molecule is CCCCCCCCCCCCCCCC(=O)N[C@@H](CCCN=C(N)N)C(=O)C[C@H](C(=O)N[C@@H](CC(C)C)C(=O)C[C@@H](CCSC)C(=O)N[C@H](C(=O)CC)[C@@H](C)O)[C@@H](C)CC. The van der Waals surface area contributed by atoms with E-state index in [2.05, 4.69) is 27.9 Å².